The molecule has 0 aliphatic rings. The van der Waals surface area contributed by atoms with Crippen LogP contribution in [0.4, 0.5) is 9.52 Å². The van der Waals surface area contributed by atoms with Crippen molar-refractivity contribution in [2.75, 3.05) is 11.1 Å². The molecular weight excluding hydrogens is 325 g/mol. The van der Waals surface area contributed by atoms with Gasteiger partial charge in [0.2, 0.25) is 5.13 Å². The summed E-state index contributed by atoms with van der Waals surface area (Å²) in [5.74, 6) is 0.0848. The van der Waals surface area contributed by atoms with Crippen LogP contribution in [-0.2, 0) is 4.79 Å². The molecule has 1 aromatic heterocycles. The van der Waals surface area contributed by atoms with Crippen molar-refractivity contribution in [3.8, 4) is 5.75 Å². The summed E-state index contributed by atoms with van der Waals surface area (Å²) in [7, 11) is 0. The van der Waals surface area contributed by atoms with Crippen molar-refractivity contribution in [1.29, 1.82) is 0 Å². The highest BCUT2D eigenvalue weighted by Gasteiger charge is 2.21. The molecule has 118 valence electrons. The average molecular weight is 341 g/mol. The quantitative estimate of drug-likeness (QED) is 0.616. The van der Waals surface area contributed by atoms with E-state index in [2.05, 4.69) is 15.5 Å². The van der Waals surface area contributed by atoms with Crippen LogP contribution in [0.3, 0.4) is 0 Å². The van der Waals surface area contributed by atoms with Crippen molar-refractivity contribution in [2.24, 2.45) is 0 Å². The molecule has 0 spiro atoms. The van der Waals surface area contributed by atoms with E-state index >= 15 is 0 Å². The van der Waals surface area contributed by atoms with Gasteiger partial charge in [0, 0.05) is 0 Å². The van der Waals surface area contributed by atoms with Gasteiger partial charge in [0.25, 0.3) is 5.91 Å². The van der Waals surface area contributed by atoms with E-state index in [4.69, 9.17) is 4.74 Å². The standard InChI is InChI=1S/C14H16FN3O2S2/c1-3-10(20-11-8-6-5-7-9(11)15)12(19)16-13-17-18-14(22-13)21-4-2/h5-8,10H,3-4H2,1-2H3,(H,16,17,19). The second-order valence-corrected chi connectivity index (χ2v) is 6.73. The van der Waals surface area contributed by atoms with Crippen LogP contribution in [0.5, 0.6) is 5.75 Å². The summed E-state index contributed by atoms with van der Waals surface area (Å²) in [6, 6.07) is 6.00. The lowest BCUT2D eigenvalue weighted by Gasteiger charge is -2.16. The zero-order chi connectivity index (χ0) is 15.9. The molecule has 8 heteroatoms. The number of nitrogens with zero attached hydrogens (tertiary/aromatic N) is 2. The lowest BCUT2D eigenvalue weighted by molar-refractivity contribution is -0.122. The molecule has 0 aliphatic carbocycles. The maximum atomic E-state index is 13.6. The average Bonchev–Trinajstić information content (AvgIpc) is 2.94. The number of nitrogens with one attached hydrogen (secondary N) is 1. The molecule has 1 aromatic carbocycles. The lowest BCUT2D eigenvalue weighted by atomic mass is 10.2. The third kappa shape index (κ3) is 4.41. The summed E-state index contributed by atoms with van der Waals surface area (Å²) in [5, 5.41) is 10.9. The van der Waals surface area contributed by atoms with E-state index in [1.165, 1.54) is 23.5 Å². The first-order valence-electron chi connectivity index (χ1n) is 6.82. The Hall–Kier alpha value is -1.67. The van der Waals surface area contributed by atoms with Gasteiger partial charge < -0.3 is 4.74 Å². The molecule has 0 saturated carbocycles. The van der Waals surface area contributed by atoms with Gasteiger partial charge in [-0.15, -0.1) is 10.2 Å². The number of hydrogen-bond acceptors (Lipinski definition) is 6. The first-order valence-corrected chi connectivity index (χ1v) is 8.62. The number of thioether (sulfide) groups is 1. The fourth-order valence-electron chi connectivity index (χ4n) is 1.64. The fourth-order valence-corrected chi connectivity index (χ4v) is 3.30. The van der Waals surface area contributed by atoms with Crippen molar-refractivity contribution in [1.82, 2.24) is 10.2 Å². The van der Waals surface area contributed by atoms with Gasteiger partial charge >= 0.3 is 0 Å². The molecule has 0 radical (unpaired) electrons. The second-order valence-electron chi connectivity index (χ2n) is 4.24. The maximum Gasteiger partial charge on any atom is 0.267 e. The zero-order valence-electron chi connectivity index (χ0n) is 12.2. The van der Waals surface area contributed by atoms with Crippen LogP contribution in [0.1, 0.15) is 20.3 Å². The van der Waals surface area contributed by atoms with Gasteiger partial charge in [-0.25, -0.2) is 4.39 Å². The minimum atomic E-state index is -0.789. The molecule has 0 aliphatic heterocycles. The lowest BCUT2D eigenvalue weighted by Crippen LogP contribution is -2.32. The third-order valence-electron chi connectivity index (χ3n) is 2.67. The monoisotopic (exact) mass is 341 g/mol. The Morgan fingerprint density at radius 3 is 2.86 bits per heavy atom. The van der Waals surface area contributed by atoms with Gasteiger partial charge in [-0.2, -0.15) is 0 Å². The van der Waals surface area contributed by atoms with E-state index in [9.17, 15) is 9.18 Å². The van der Waals surface area contributed by atoms with E-state index in [1.807, 2.05) is 6.92 Å². The minimum absolute atomic E-state index is 0.0593. The number of anilines is 1. The number of carbonyl (C=O) groups excluding carboxylic acids is 1. The van der Waals surface area contributed by atoms with E-state index in [0.717, 1.165) is 10.1 Å². The summed E-state index contributed by atoms with van der Waals surface area (Å²) < 4.78 is 19.8. The Balaban J connectivity index is 2.00. The summed E-state index contributed by atoms with van der Waals surface area (Å²) in [5.41, 5.74) is 0. The van der Waals surface area contributed by atoms with Crippen LogP contribution in [0.2, 0.25) is 0 Å². The number of aromatic nitrogens is 2. The first-order chi connectivity index (χ1) is 10.6. The van der Waals surface area contributed by atoms with Crippen LogP contribution in [0.15, 0.2) is 28.6 Å². The van der Waals surface area contributed by atoms with Crippen molar-refractivity contribution in [3.63, 3.8) is 0 Å². The molecule has 2 aromatic rings. The highest BCUT2D eigenvalue weighted by Crippen LogP contribution is 2.25. The van der Waals surface area contributed by atoms with Gasteiger partial charge in [-0.3, -0.25) is 10.1 Å². The number of carbonyl (C=O) groups is 1. The molecule has 1 unspecified atom stereocenters. The number of benzene rings is 1. The predicted molar refractivity (Wildman–Crippen MR) is 86.0 cm³/mol. The van der Waals surface area contributed by atoms with E-state index in [0.29, 0.717) is 11.6 Å². The fraction of sp³-hybridized carbons (Fsp3) is 0.357. The Labute approximate surface area is 136 Å². The molecule has 1 atom stereocenters. The van der Waals surface area contributed by atoms with E-state index in [-0.39, 0.29) is 11.7 Å². The Morgan fingerprint density at radius 2 is 2.18 bits per heavy atom. The van der Waals surface area contributed by atoms with Gasteiger partial charge in [-0.1, -0.05) is 49.1 Å². The Bertz CT molecular complexity index is 636. The number of halogens is 1. The topological polar surface area (TPSA) is 64.1 Å². The molecule has 1 amide bonds. The van der Waals surface area contributed by atoms with Crippen LogP contribution in [-0.4, -0.2) is 28.0 Å². The maximum absolute atomic E-state index is 13.6. The summed E-state index contributed by atoms with van der Waals surface area (Å²) >= 11 is 2.86. The molecule has 22 heavy (non-hydrogen) atoms. The number of ether oxygens (including phenoxy) is 1. The second kappa shape index (κ2) is 8.09. The summed E-state index contributed by atoms with van der Waals surface area (Å²) in [6.07, 6.45) is -0.377. The van der Waals surface area contributed by atoms with Crippen LogP contribution in [0.25, 0.3) is 0 Å². The molecule has 1 N–H and O–H groups in total. The van der Waals surface area contributed by atoms with Crippen molar-refractivity contribution >= 4 is 34.1 Å². The van der Waals surface area contributed by atoms with Gasteiger partial charge in [-0.05, 0) is 24.3 Å². The number of amides is 1. The molecule has 2 rings (SSSR count). The normalized spacial score (nSPS) is 12.0. The molecule has 0 fully saturated rings. The number of rotatable bonds is 7. The molecular formula is C14H16FN3O2S2. The molecule has 1 heterocycles. The van der Waals surface area contributed by atoms with Crippen molar-refractivity contribution in [3.05, 3.63) is 30.1 Å². The third-order valence-corrected chi connectivity index (χ3v) is 4.53. The van der Waals surface area contributed by atoms with Gasteiger partial charge in [0.15, 0.2) is 22.0 Å². The number of para-hydroxylation sites is 1. The smallest absolute Gasteiger partial charge is 0.267 e. The predicted octanol–water partition coefficient (Wildman–Crippen LogP) is 3.59. The largest absolute Gasteiger partial charge is 0.478 e. The van der Waals surface area contributed by atoms with Crippen LogP contribution < -0.4 is 10.1 Å². The van der Waals surface area contributed by atoms with Crippen molar-refractivity contribution < 1.29 is 13.9 Å². The van der Waals surface area contributed by atoms with Crippen LogP contribution >= 0.6 is 23.1 Å². The van der Waals surface area contributed by atoms with E-state index < -0.39 is 11.9 Å². The Morgan fingerprint density at radius 1 is 1.41 bits per heavy atom. The molecule has 0 saturated heterocycles. The van der Waals surface area contributed by atoms with Gasteiger partial charge in [0.05, 0.1) is 0 Å². The number of hydrogen-bond donors (Lipinski definition) is 1. The van der Waals surface area contributed by atoms with E-state index in [1.54, 1.807) is 30.8 Å². The highest BCUT2D eigenvalue weighted by molar-refractivity contribution is 8.01. The first kappa shape index (κ1) is 16.7. The van der Waals surface area contributed by atoms with Crippen LogP contribution in [0, 0.1) is 5.82 Å². The highest BCUT2D eigenvalue weighted by atomic mass is 32.2. The van der Waals surface area contributed by atoms with Gasteiger partial charge in [0.1, 0.15) is 0 Å². The molecule has 0 bridgehead atoms. The van der Waals surface area contributed by atoms with Crippen molar-refractivity contribution in [2.45, 2.75) is 30.7 Å². The minimum Gasteiger partial charge on any atom is -0.478 e. The Kier molecular flexibility index (Phi) is 6.14. The summed E-state index contributed by atoms with van der Waals surface area (Å²) in [6.45, 7) is 3.81. The summed E-state index contributed by atoms with van der Waals surface area (Å²) in [4.78, 5) is 12.2. The molecule has 5 nitrogen and oxygen atoms in total. The SMILES string of the molecule is CCSc1nnc(NC(=O)C(CC)Oc2ccccc2F)s1. The zero-order valence-corrected chi connectivity index (χ0v) is 13.8.